The highest BCUT2D eigenvalue weighted by Crippen LogP contribution is 2.31. The minimum Gasteiger partial charge on any atom is -0.383 e. The Morgan fingerprint density at radius 3 is 2.43 bits per heavy atom. The Kier molecular flexibility index (Phi) is 16.4. The van der Waals surface area contributed by atoms with Crippen molar-refractivity contribution >= 4 is 47.7 Å². The normalized spacial score (nSPS) is 17.1. The van der Waals surface area contributed by atoms with Gasteiger partial charge in [0, 0.05) is 80.7 Å². The van der Waals surface area contributed by atoms with Crippen LogP contribution in [0.15, 0.2) is 101 Å². The van der Waals surface area contributed by atoms with Crippen LogP contribution < -0.4 is 26.2 Å². The van der Waals surface area contributed by atoms with Gasteiger partial charge < -0.3 is 25.8 Å². The van der Waals surface area contributed by atoms with Crippen LogP contribution in [0.2, 0.25) is 0 Å². The number of allylic oxidation sites excluding steroid dienone is 1. The van der Waals surface area contributed by atoms with Gasteiger partial charge >= 0.3 is 0 Å². The molecule has 322 valence electrons. The molecule has 4 N–H and O–H groups in total. The van der Waals surface area contributed by atoms with Crippen molar-refractivity contribution < 1.29 is 14.4 Å². The number of likely N-dealkylation sites (tertiary alicyclic amines) is 1. The molecule has 6 rings (SSSR count). The summed E-state index contributed by atoms with van der Waals surface area (Å²) in [5.41, 5.74) is 9.11. The Morgan fingerprint density at radius 1 is 0.951 bits per heavy atom. The predicted molar refractivity (Wildman–Crippen MR) is 247 cm³/mol. The summed E-state index contributed by atoms with van der Waals surface area (Å²) in [6.07, 6.45) is 14.2. The second-order valence-electron chi connectivity index (χ2n) is 16.4. The van der Waals surface area contributed by atoms with Crippen molar-refractivity contribution in [3.8, 4) is 0 Å². The van der Waals surface area contributed by atoms with Gasteiger partial charge in [0.25, 0.3) is 5.91 Å². The molecule has 2 unspecified atom stereocenters. The number of hydrogen-bond acceptors (Lipinski definition) is 10. The van der Waals surface area contributed by atoms with Crippen molar-refractivity contribution in [3.63, 3.8) is 0 Å². The summed E-state index contributed by atoms with van der Waals surface area (Å²) < 4.78 is 1.61. The molecule has 1 aromatic heterocycles. The van der Waals surface area contributed by atoms with Gasteiger partial charge in [-0.05, 0) is 149 Å². The first kappa shape index (κ1) is 44.5. The summed E-state index contributed by atoms with van der Waals surface area (Å²) in [5, 5.41) is 16.2. The van der Waals surface area contributed by atoms with Crippen molar-refractivity contribution in [2.24, 2.45) is 23.0 Å². The number of amides is 3. The largest absolute Gasteiger partial charge is 0.383 e. The van der Waals surface area contributed by atoms with Gasteiger partial charge in [-0.3, -0.25) is 34.4 Å². The third-order valence-electron chi connectivity index (χ3n) is 11.9. The van der Waals surface area contributed by atoms with Gasteiger partial charge in [-0.1, -0.05) is 24.3 Å². The maximum atomic E-state index is 12.5. The Morgan fingerprint density at radius 2 is 1.72 bits per heavy atom. The molecule has 2 atom stereocenters. The number of benzene rings is 3. The SMILES string of the molecule is C=N/C=C\C(=NCNc1ccc(N2CCC(CN3CCCC(c4ccc(NC(C)CCC(=O)NC=O)cc4)CC3)CC2)cc1)c1ccc(CNC(=O)c2cnn(C)c2)c(C)c1. The minimum absolute atomic E-state index is 0.135. The van der Waals surface area contributed by atoms with E-state index in [2.05, 4.69) is 109 Å². The maximum Gasteiger partial charge on any atom is 0.254 e. The molecule has 2 fully saturated rings. The van der Waals surface area contributed by atoms with E-state index in [1.165, 1.54) is 56.4 Å². The average molecular weight is 827 g/mol. The fourth-order valence-electron chi connectivity index (χ4n) is 8.34. The molecule has 2 aliphatic heterocycles. The fraction of sp³-hybridized carbons (Fsp3) is 0.417. The number of anilines is 3. The standard InChI is InChI=1S/C48H62N10O3/c1-35-28-40(8-9-41(35)29-50-48(61)42-30-54-56(4)32-42)46(19-23-49-3)52-33-51-43-14-16-45(17-15-43)58-26-20-37(21-27-58)31-57-24-5-6-38(22-25-57)39-10-12-44(13-11-39)55-36(2)7-18-47(60)53-34-59/h8-17,19,23,28,30,32,34,36-38,51,55H,3,5-7,18,20-22,24-27,29,31,33H2,1-2,4H3,(H,50,61)(H,53,59,60)/b23-19-,52-46?. The van der Waals surface area contributed by atoms with Crippen LogP contribution >= 0.6 is 0 Å². The van der Waals surface area contributed by atoms with Gasteiger partial charge in [-0.25, -0.2) is 0 Å². The van der Waals surface area contributed by atoms with E-state index in [1.54, 1.807) is 30.3 Å². The van der Waals surface area contributed by atoms with E-state index in [-0.39, 0.29) is 17.9 Å². The van der Waals surface area contributed by atoms with Gasteiger partial charge in [0.2, 0.25) is 12.3 Å². The number of carbonyl (C=O) groups is 3. The molecular weight excluding hydrogens is 765 g/mol. The first-order chi connectivity index (χ1) is 29.7. The average Bonchev–Trinajstić information content (AvgIpc) is 3.58. The van der Waals surface area contributed by atoms with E-state index in [1.807, 2.05) is 25.1 Å². The van der Waals surface area contributed by atoms with E-state index >= 15 is 0 Å². The van der Waals surface area contributed by atoms with E-state index in [4.69, 9.17) is 4.99 Å². The highest BCUT2D eigenvalue weighted by Gasteiger charge is 2.24. The lowest BCUT2D eigenvalue weighted by atomic mass is 9.92. The van der Waals surface area contributed by atoms with Crippen molar-refractivity contribution in [2.45, 2.75) is 77.3 Å². The quantitative estimate of drug-likeness (QED) is 0.0580. The number of hydrogen-bond donors (Lipinski definition) is 4. The zero-order valence-electron chi connectivity index (χ0n) is 36.0. The van der Waals surface area contributed by atoms with Crippen LogP contribution in [0.1, 0.15) is 90.4 Å². The highest BCUT2D eigenvalue weighted by molar-refractivity contribution is 6.09. The molecule has 0 aliphatic carbocycles. The fourth-order valence-corrected chi connectivity index (χ4v) is 8.34. The molecule has 4 aromatic rings. The van der Waals surface area contributed by atoms with Gasteiger partial charge in [0.05, 0.1) is 17.5 Å². The molecule has 3 heterocycles. The number of imide groups is 1. The monoisotopic (exact) mass is 827 g/mol. The molecule has 0 spiro atoms. The molecule has 0 saturated carbocycles. The third kappa shape index (κ3) is 13.5. The molecule has 3 aromatic carbocycles. The molecule has 0 bridgehead atoms. The summed E-state index contributed by atoms with van der Waals surface area (Å²) in [7, 11) is 1.79. The van der Waals surface area contributed by atoms with E-state index < -0.39 is 0 Å². The number of carbonyl (C=O) groups excluding carboxylic acids is 3. The predicted octanol–water partition coefficient (Wildman–Crippen LogP) is 7.07. The number of rotatable bonds is 19. The van der Waals surface area contributed by atoms with E-state index in [0.29, 0.717) is 43.9 Å². The van der Waals surface area contributed by atoms with Crippen LogP contribution in [0.4, 0.5) is 17.1 Å². The molecular formula is C48H62N10O3. The maximum absolute atomic E-state index is 12.5. The van der Waals surface area contributed by atoms with Crippen molar-refractivity contribution in [3.05, 3.63) is 119 Å². The van der Waals surface area contributed by atoms with Crippen LogP contribution in [0.5, 0.6) is 0 Å². The van der Waals surface area contributed by atoms with Gasteiger partial charge in [-0.15, -0.1) is 0 Å². The lowest BCUT2D eigenvalue weighted by Crippen LogP contribution is -2.39. The van der Waals surface area contributed by atoms with E-state index in [0.717, 1.165) is 59.3 Å². The van der Waals surface area contributed by atoms with Crippen molar-refractivity contribution in [1.29, 1.82) is 0 Å². The summed E-state index contributed by atoms with van der Waals surface area (Å²) in [6.45, 7) is 14.2. The number of nitrogens with zero attached hydrogens (tertiary/aromatic N) is 6. The van der Waals surface area contributed by atoms with Crippen LogP contribution in [0.3, 0.4) is 0 Å². The zero-order valence-corrected chi connectivity index (χ0v) is 36.0. The smallest absolute Gasteiger partial charge is 0.254 e. The summed E-state index contributed by atoms with van der Waals surface area (Å²) in [6, 6.07) is 23.8. The molecule has 2 saturated heterocycles. The number of piperidine rings is 1. The van der Waals surface area contributed by atoms with Crippen LogP contribution in [-0.2, 0) is 23.2 Å². The second kappa shape index (κ2) is 22.5. The Bertz CT molecular complexity index is 2120. The first-order valence-corrected chi connectivity index (χ1v) is 21.6. The number of aryl methyl sites for hydroxylation is 2. The summed E-state index contributed by atoms with van der Waals surface area (Å²) in [4.78, 5) is 48.6. The van der Waals surface area contributed by atoms with Crippen LogP contribution in [0, 0.1) is 12.8 Å². The zero-order chi connectivity index (χ0) is 43.0. The van der Waals surface area contributed by atoms with Crippen molar-refractivity contribution in [1.82, 2.24) is 25.3 Å². The number of nitrogens with one attached hydrogen (secondary N) is 4. The van der Waals surface area contributed by atoms with Gasteiger partial charge in [-0.2, -0.15) is 5.10 Å². The molecule has 13 nitrogen and oxygen atoms in total. The molecule has 3 amide bonds. The molecule has 13 heteroatoms. The Labute approximate surface area is 360 Å². The lowest BCUT2D eigenvalue weighted by Gasteiger charge is -2.36. The molecule has 2 aliphatic rings. The Hall–Kier alpha value is -6.08. The van der Waals surface area contributed by atoms with Gasteiger partial charge in [0.1, 0.15) is 6.67 Å². The summed E-state index contributed by atoms with van der Waals surface area (Å²) >= 11 is 0. The minimum atomic E-state index is -0.243. The second-order valence-corrected chi connectivity index (χ2v) is 16.4. The third-order valence-corrected chi connectivity index (χ3v) is 11.9. The topological polar surface area (TPSA) is 148 Å². The highest BCUT2D eigenvalue weighted by atomic mass is 16.2. The molecule has 61 heavy (non-hydrogen) atoms. The number of aromatic nitrogens is 2. The Balaban J connectivity index is 0.918. The number of aliphatic imine (C=N–C) groups is 2. The van der Waals surface area contributed by atoms with E-state index in [9.17, 15) is 14.4 Å². The van der Waals surface area contributed by atoms with Crippen LogP contribution in [-0.4, -0.2) is 90.8 Å². The lowest BCUT2D eigenvalue weighted by molar-refractivity contribution is -0.125. The molecule has 0 radical (unpaired) electrons. The first-order valence-electron chi connectivity index (χ1n) is 21.6. The summed E-state index contributed by atoms with van der Waals surface area (Å²) in [5.74, 6) is 0.906. The van der Waals surface area contributed by atoms with Crippen LogP contribution in [0.25, 0.3) is 0 Å². The van der Waals surface area contributed by atoms with Crippen molar-refractivity contribution in [2.75, 3.05) is 54.9 Å². The van der Waals surface area contributed by atoms with Gasteiger partial charge in [0.15, 0.2) is 0 Å².